The van der Waals surface area contributed by atoms with E-state index in [2.05, 4.69) is 50.9 Å². The molecule has 1 aromatic carbocycles. The van der Waals surface area contributed by atoms with Crippen LogP contribution in [0.5, 0.6) is 0 Å². The third kappa shape index (κ3) is 3.53. The quantitative estimate of drug-likeness (QED) is 0.687. The van der Waals surface area contributed by atoms with E-state index < -0.39 is 0 Å². The van der Waals surface area contributed by atoms with Gasteiger partial charge in [0.1, 0.15) is 0 Å². The van der Waals surface area contributed by atoms with Crippen molar-refractivity contribution in [2.75, 3.05) is 6.54 Å². The number of likely N-dealkylation sites (tertiary alicyclic amines) is 1. The zero-order valence-electron chi connectivity index (χ0n) is 17.1. The van der Waals surface area contributed by atoms with Gasteiger partial charge in [0.25, 0.3) is 0 Å². The second-order valence-electron chi connectivity index (χ2n) is 8.83. The molecule has 1 atom stereocenters. The first-order valence-electron chi connectivity index (χ1n) is 10.0. The molecule has 28 heavy (non-hydrogen) atoms. The molecule has 1 fully saturated rings. The predicted molar refractivity (Wildman–Crippen MR) is 110 cm³/mol. The van der Waals surface area contributed by atoms with Crippen molar-refractivity contribution in [2.45, 2.75) is 58.4 Å². The first-order chi connectivity index (χ1) is 13.3. The molecule has 1 amide bonds. The monoisotopic (exact) mass is 376 g/mol. The number of carbonyl (C=O) groups is 1. The molecule has 3 heterocycles. The van der Waals surface area contributed by atoms with Crippen LogP contribution in [0, 0.1) is 6.92 Å². The first-order valence-corrected chi connectivity index (χ1v) is 10.0. The molecule has 5 nitrogen and oxygen atoms in total. The molecule has 0 radical (unpaired) electrons. The van der Waals surface area contributed by atoms with Crippen LogP contribution in [-0.4, -0.2) is 31.9 Å². The molecule has 0 saturated carbocycles. The number of aryl methyl sites for hydroxylation is 1. The highest BCUT2D eigenvalue weighted by Gasteiger charge is 2.32. The van der Waals surface area contributed by atoms with E-state index in [4.69, 9.17) is 5.10 Å². The summed E-state index contributed by atoms with van der Waals surface area (Å²) in [4.78, 5) is 19.6. The van der Waals surface area contributed by atoms with Gasteiger partial charge in [-0.2, -0.15) is 5.10 Å². The van der Waals surface area contributed by atoms with Crippen LogP contribution in [0.25, 0.3) is 5.65 Å². The second-order valence-corrected chi connectivity index (χ2v) is 8.83. The summed E-state index contributed by atoms with van der Waals surface area (Å²) in [5.41, 5.74) is 5.15. The summed E-state index contributed by atoms with van der Waals surface area (Å²) >= 11 is 0. The van der Waals surface area contributed by atoms with E-state index in [0.29, 0.717) is 6.42 Å². The zero-order chi connectivity index (χ0) is 19.9. The summed E-state index contributed by atoms with van der Waals surface area (Å²) < 4.78 is 1.93. The number of hydrogen-bond acceptors (Lipinski definition) is 3. The Kier molecular flexibility index (Phi) is 4.69. The van der Waals surface area contributed by atoms with E-state index in [1.807, 2.05) is 33.8 Å². The Bertz CT molecular complexity index is 998. The minimum atomic E-state index is -0.0401. The molecule has 0 spiro atoms. The lowest BCUT2D eigenvalue weighted by atomic mass is 9.93. The first kappa shape index (κ1) is 18.7. The minimum Gasteiger partial charge on any atom is -0.334 e. The Balaban J connectivity index is 1.63. The van der Waals surface area contributed by atoms with Crippen molar-refractivity contribution in [1.29, 1.82) is 0 Å². The van der Waals surface area contributed by atoms with Crippen LogP contribution in [0.4, 0.5) is 0 Å². The highest BCUT2D eigenvalue weighted by Crippen LogP contribution is 2.33. The molecule has 3 aromatic rings. The van der Waals surface area contributed by atoms with E-state index in [9.17, 15) is 4.79 Å². The zero-order valence-corrected chi connectivity index (χ0v) is 17.1. The van der Waals surface area contributed by atoms with Crippen LogP contribution < -0.4 is 0 Å². The molecule has 5 heteroatoms. The number of hydrogen-bond donors (Lipinski definition) is 0. The van der Waals surface area contributed by atoms with Crippen LogP contribution in [0.2, 0.25) is 0 Å². The van der Waals surface area contributed by atoms with Crippen molar-refractivity contribution in [3.05, 3.63) is 65.1 Å². The fourth-order valence-corrected chi connectivity index (χ4v) is 3.89. The molecule has 1 aliphatic rings. The summed E-state index contributed by atoms with van der Waals surface area (Å²) in [5.74, 6) is 0.180. The molecule has 146 valence electrons. The van der Waals surface area contributed by atoms with E-state index in [1.54, 1.807) is 0 Å². The number of amides is 1. The van der Waals surface area contributed by atoms with Crippen molar-refractivity contribution >= 4 is 11.6 Å². The van der Waals surface area contributed by atoms with Gasteiger partial charge in [-0.15, -0.1) is 0 Å². The largest absolute Gasteiger partial charge is 0.334 e. The smallest absolute Gasteiger partial charge is 0.227 e. The summed E-state index contributed by atoms with van der Waals surface area (Å²) in [6.45, 7) is 9.32. The molecule has 0 N–H and O–H groups in total. The van der Waals surface area contributed by atoms with Gasteiger partial charge in [-0.25, -0.2) is 9.50 Å². The molecular weight excluding hydrogens is 348 g/mol. The number of benzene rings is 1. The fraction of sp³-hybridized carbons (Fsp3) is 0.435. The maximum Gasteiger partial charge on any atom is 0.227 e. The summed E-state index contributed by atoms with van der Waals surface area (Å²) in [6.07, 6.45) is 4.25. The lowest BCUT2D eigenvalue weighted by Gasteiger charge is -2.25. The molecule has 0 aliphatic carbocycles. The highest BCUT2D eigenvalue weighted by atomic mass is 16.2. The van der Waals surface area contributed by atoms with E-state index in [1.165, 1.54) is 5.56 Å². The summed E-state index contributed by atoms with van der Waals surface area (Å²) in [7, 11) is 0. The minimum absolute atomic E-state index is 0.0401. The van der Waals surface area contributed by atoms with Gasteiger partial charge >= 0.3 is 0 Å². The molecule has 4 rings (SSSR count). The van der Waals surface area contributed by atoms with Gasteiger partial charge in [0.05, 0.1) is 23.9 Å². The number of rotatable bonds is 3. The summed E-state index contributed by atoms with van der Waals surface area (Å²) in [6, 6.07) is 12.3. The van der Waals surface area contributed by atoms with Crippen LogP contribution >= 0.6 is 0 Å². The Labute approximate surface area is 166 Å². The van der Waals surface area contributed by atoms with Crippen LogP contribution in [0.15, 0.2) is 42.6 Å². The SMILES string of the molecule is Cc1ccc(CC(=O)N2CCCC2c2ccnc3cc(C(C)(C)C)nn23)cc1. The third-order valence-electron chi connectivity index (χ3n) is 5.55. The van der Waals surface area contributed by atoms with Gasteiger partial charge in [0, 0.05) is 24.2 Å². The Morgan fingerprint density at radius 2 is 1.93 bits per heavy atom. The van der Waals surface area contributed by atoms with Gasteiger partial charge in [0.2, 0.25) is 5.91 Å². The molecule has 1 saturated heterocycles. The second kappa shape index (κ2) is 7.04. The van der Waals surface area contributed by atoms with Gasteiger partial charge in [0.15, 0.2) is 5.65 Å². The highest BCUT2D eigenvalue weighted by molar-refractivity contribution is 5.79. The van der Waals surface area contributed by atoms with Gasteiger partial charge in [-0.05, 0) is 31.4 Å². The third-order valence-corrected chi connectivity index (χ3v) is 5.55. The van der Waals surface area contributed by atoms with Crippen LogP contribution in [0.1, 0.15) is 62.2 Å². The van der Waals surface area contributed by atoms with E-state index in [-0.39, 0.29) is 17.4 Å². The Morgan fingerprint density at radius 3 is 2.64 bits per heavy atom. The van der Waals surface area contributed by atoms with Crippen LogP contribution in [0.3, 0.4) is 0 Å². The summed E-state index contributed by atoms with van der Waals surface area (Å²) in [5, 5.41) is 4.83. The van der Waals surface area contributed by atoms with Gasteiger partial charge in [-0.1, -0.05) is 50.6 Å². The Hall–Kier alpha value is -2.69. The standard InChI is InChI=1S/C23H28N4O/c1-16-7-9-17(10-8-16)14-22(28)26-13-5-6-18(26)19-11-12-24-21-15-20(23(2,3)4)25-27(19)21/h7-12,15,18H,5-6,13-14H2,1-4H3. The van der Waals surface area contributed by atoms with Crippen molar-refractivity contribution < 1.29 is 4.79 Å². The van der Waals surface area contributed by atoms with Crippen LogP contribution in [-0.2, 0) is 16.6 Å². The number of nitrogens with zero attached hydrogens (tertiary/aromatic N) is 4. The van der Waals surface area contributed by atoms with Crippen molar-refractivity contribution in [1.82, 2.24) is 19.5 Å². The number of fused-ring (bicyclic) bond motifs is 1. The fourth-order valence-electron chi connectivity index (χ4n) is 3.89. The van der Waals surface area contributed by atoms with Crippen molar-refractivity contribution in [3.63, 3.8) is 0 Å². The maximum absolute atomic E-state index is 13.1. The normalized spacial score (nSPS) is 17.4. The van der Waals surface area contributed by atoms with E-state index in [0.717, 1.165) is 42.0 Å². The maximum atomic E-state index is 13.1. The molecule has 2 aromatic heterocycles. The number of carbonyl (C=O) groups excluding carboxylic acids is 1. The average Bonchev–Trinajstić information content (AvgIpc) is 3.30. The Morgan fingerprint density at radius 1 is 1.18 bits per heavy atom. The van der Waals surface area contributed by atoms with Crippen molar-refractivity contribution in [3.8, 4) is 0 Å². The van der Waals surface area contributed by atoms with Gasteiger partial charge in [-0.3, -0.25) is 4.79 Å². The number of aromatic nitrogens is 3. The molecular formula is C23H28N4O. The lowest BCUT2D eigenvalue weighted by Crippen LogP contribution is -2.32. The van der Waals surface area contributed by atoms with E-state index >= 15 is 0 Å². The molecule has 1 unspecified atom stereocenters. The lowest BCUT2D eigenvalue weighted by molar-refractivity contribution is -0.131. The average molecular weight is 377 g/mol. The molecule has 1 aliphatic heterocycles. The van der Waals surface area contributed by atoms with Crippen molar-refractivity contribution in [2.24, 2.45) is 0 Å². The van der Waals surface area contributed by atoms with Gasteiger partial charge < -0.3 is 4.90 Å². The molecule has 0 bridgehead atoms. The topological polar surface area (TPSA) is 50.5 Å². The predicted octanol–water partition coefficient (Wildman–Crippen LogP) is 4.24.